The van der Waals surface area contributed by atoms with Gasteiger partial charge in [-0.1, -0.05) is 18.2 Å². The molecule has 6 nitrogen and oxygen atoms in total. The highest BCUT2D eigenvalue weighted by atomic mass is 31.2. The summed E-state index contributed by atoms with van der Waals surface area (Å²) in [4.78, 5) is 19.0. The second kappa shape index (κ2) is 7.53. The Hall–Kier alpha value is -3.44. The lowest BCUT2D eigenvalue weighted by Crippen LogP contribution is -2.30. The molecule has 0 aliphatic carbocycles. The Balaban J connectivity index is 1.57. The number of carbonyl (C=O) groups is 1. The van der Waals surface area contributed by atoms with Crippen LogP contribution in [-0.2, 0) is 4.57 Å². The van der Waals surface area contributed by atoms with Crippen molar-refractivity contribution in [2.24, 2.45) is 0 Å². The Bertz CT molecular complexity index is 1690. The van der Waals surface area contributed by atoms with E-state index >= 15 is 4.39 Å². The second-order valence-electron chi connectivity index (χ2n) is 9.52. The Morgan fingerprint density at radius 2 is 1.89 bits per heavy atom. The fourth-order valence-corrected chi connectivity index (χ4v) is 6.65. The number of anilines is 1. The molecule has 0 spiro atoms. The number of benzene rings is 3. The van der Waals surface area contributed by atoms with Crippen LogP contribution in [0.25, 0.3) is 22.2 Å². The number of amides is 1. The highest BCUT2D eigenvalue weighted by Gasteiger charge is 2.44. The van der Waals surface area contributed by atoms with Gasteiger partial charge >= 0.3 is 0 Å². The molecule has 35 heavy (non-hydrogen) atoms. The number of imidazole rings is 1. The minimum Gasteiger partial charge on any atom is -0.387 e. The van der Waals surface area contributed by atoms with E-state index in [4.69, 9.17) is 9.10 Å². The Labute approximate surface area is 207 Å². The highest BCUT2D eigenvalue weighted by molar-refractivity contribution is 7.70. The number of hydrogen-bond acceptors (Lipinski definition) is 4. The number of aromatic nitrogens is 2. The summed E-state index contributed by atoms with van der Waals surface area (Å²) in [6.07, 6.45) is 0.224. The molecule has 8 heteroatoms. The van der Waals surface area contributed by atoms with Crippen LogP contribution >= 0.6 is 7.14 Å². The predicted octanol–water partition coefficient (Wildman–Crippen LogP) is 5.25. The van der Waals surface area contributed by atoms with Gasteiger partial charge in [0.05, 0.1) is 23.1 Å². The molecule has 2 bridgehead atoms. The quantitative estimate of drug-likeness (QED) is 0.398. The summed E-state index contributed by atoms with van der Waals surface area (Å²) in [6.45, 7) is 0.743. The van der Waals surface area contributed by atoms with Crippen LogP contribution in [-0.4, -0.2) is 47.7 Å². The third-order valence-electron chi connectivity index (χ3n) is 7.10. The average Bonchev–Trinajstić information content (AvgIpc) is 3.35. The topological polar surface area (TPSA) is 67.2 Å². The van der Waals surface area contributed by atoms with E-state index in [9.17, 15) is 9.36 Å². The maximum absolute atomic E-state index is 15.3. The van der Waals surface area contributed by atoms with Crippen LogP contribution in [0.5, 0.6) is 0 Å². The summed E-state index contributed by atoms with van der Waals surface area (Å²) in [5, 5.41) is 3.91. The number of nitrogens with zero attached hydrogens (tertiary/aromatic N) is 3. The molecule has 0 radical (unpaired) electrons. The maximum Gasteiger partial charge on any atom is 0.254 e. The zero-order chi connectivity index (χ0) is 27.1. The molecule has 0 saturated carbocycles. The molecule has 1 amide bonds. The normalized spacial score (nSPS) is 20.6. The van der Waals surface area contributed by atoms with Crippen molar-refractivity contribution in [3.05, 3.63) is 77.4 Å². The number of nitrogens with one attached hydrogen (secondary N) is 1. The number of halogens is 1. The van der Waals surface area contributed by atoms with Gasteiger partial charge in [-0.15, -0.1) is 0 Å². The van der Waals surface area contributed by atoms with E-state index in [2.05, 4.69) is 5.32 Å². The first kappa shape index (κ1) is 18.8. The van der Waals surface area contributed by atoms with Crippen molar-refractivity contribution in [2.75, 3.05) is 32.7 Å². The van der Waals surface area contributed by atoms with Crippen LogP contribution in [0.3, 0.4) is 0 Å². The van der Waals surface area contributed by atoms with Gasteiger partial charge in [0.15, 0.2) is 0 Å². The highest BCUT2D eigenvalue weighted by Crippen LogP contribution is 2.48. The molecule has 0 fully saturated rings. The lowest BCUT2D eigenvalue weighted by molar-refractivity contribution is 0.0734. The number of carbonyl (C=O) groups excluding carboxylic acids is 1. The monoisotopic (exact) mass is 491 g/mol. The predicted molar refractivity (Wildman–Crippen MR) is 138 cm³/mol. The lowest BCUT2D eigenvalue weighted by atomic mass is 9.98. The molecule has 1 N–H and O–H groups in total. The first-order valence-corrected chi connectivity index (χ1v) is 14.0. The molecule has 1 aromatic heterocycles. The first-order valence-electron chi connectivity index (χ1n) is 12.9. The van der Waals surface area contributed by atoms with E-state index in [1.807, 2.05) is 41.0 Å². The number of hydrogen-bond donors (Lipinski definition) is 1. The summed E-state index contributed by atoms with van der Waals surface area (Å²) < 4.78 is 54.2. The van der Waals surface area contributed by atoms with Crippen molar-refractivity contribution >= 4 is 35.1 Å². The molecule has 4 aromatic rings. The molecule has 2 aliphatic rings. The molecule has 0 unspecified atom stereocenters. The first-order chi connectivity index (χ1) is 17.9. The molecule has 2 atom stereocenters. The fourth-order valence-electron chi connectivity index (χ4n) is 5.46. The summed E-state index contributed by atoms with van der Waals surface area (Å²) in [6, 6.07) is 14.3. The molecular formula is C27H26FN4O2P. The van der Waals surface area contributed by atoms with Crippen LogP contribution in [0.1, 0.15) is 44.4 Å². The van der Waals surface area contributed by atoms with E-state index in [0.29, 0.717) is 11.3 Å². The van der Waals surface area contributed by atoms with Crippen molar-refractivity contribution in [2.45, 2.75) is 18.5 Å². The molecule has 6 rings (SSSR count). The van der Waals surface area contributed by atoms with Gasteiger partial charge in [0.2, 0.25) is 0 Å². The van der Waals surface area contributed by atoms with Gasteiger partial charge < -0.3 is 19.3 Å². The fraction of sp³-hybridized carbons (Fsp3) is 0.259. The second-order valence-corrected chi connectivity index (χ2v) is 12.7. The summed E-state index contributed by atoms with van der Waals surface area (Å²) in [7, 11) is -0.701. The minimum atomic E-state index is -2.72. The largest absolute Gasteiger partial charge is 0.387 e. The smallest absolute Gasteiger partial charge is 0.254 e. The van der Waals surface area contributed by atoms with Crippen molar-refractivity contribution < 1.29 is 17.9 Å². The van der Waals surface area contributed by atoms with Crippen LogP contribution in [0.2, 0.25) is 0 Å². The van der Waals surface area contributed by atoms with Gasteiger partial charge in [0, 0.05) is 46.7 Å². The summed E-state index contributed by atoms with van der Waals surface area (Å²) in [5.74, 6) is -0.824. The van der Waals surface area contributed by atoms with Crippen LogP contribution in [0.15, 0.2) is 54.6 Å². The molecule has 3 aromatic carbocycles. The summed E-state index contributed by atoms with van der Waals surface area (Å²) >= 11 is 0. The molecule has 3 heterocycles. The standard InChI is InChI=1S/C27H26FN4O2P/c1-29-20-12-15(9-11-24(20)35(3,4)34)16-8-10-19-21(13-16)32-22-14-23(26(32)30-19)31(2)27(33)17-6-5-7-18(28)25(17)22/h5-13,22-23,29H,14H2,1-4H3/t22-,23-/m1/s1/i2D3. The summed E-state index contributed by atoms with van der Waals surface area (Å²) in [5.41, 5.74) is 4.18. The molecule has 2 aliphatic heterocycles. The lowest BCUT2D eigenvalue weighted by Gasteiger charge is -2.23. The van der Waals surface area contributed by atoms with Gasteiger partial charge in [-0.25, -0.2) is 9.37 Å². The SMILES string of the molecule is [2H]C([2H])([2H])N1C(=O)c2cccc(F)c2[C@H]2C[C@@H]1c1nc3ccc(-c4ccc(P(C)(C)=O)c(NC)c4)cc3n12. The van der Waals surface area contributed by atoms with E-state index in [0.717, 1.165) is 32.5 Å². The van der Waals surface area contributed by atoms with Crippen LogP contribution in [0.4, 0.5) is 10.1 Å². The third kappa shape index (κ3) is 3.18. The van der Waals surface area contributed by atoms with Crippen LogP contribution in [0, 0.1) is 5.82 Å². The van der Waals surface area contributed by atoms with Gasteiger partial charge in [-0.2, -0.15) is 0 Å². The molecule has 0 saturated heterocycles. The minimum absolute atomic E-state index is 0.0649. The number of rotatable bonds is 3. The Kier molecular flexibility index (Phi) is 4.05. The third-order valence-corrected chi connectivity index (χ3v) is 8.65. The molecule has 178 valence electrons. The van der Waals surface area contributed by atoms with Crippen molar-refractivity contribution in [3.8, 4) is 11.1 Å². The van der Waals surface area contributed by atoms with E-state index in [-0.39, 0.29) is 17.5 Å². The van der Waals surface area contributed by atoms with Crippen molar-refractivity contribution in [3.63, 3.8) is 0 Å². The van der Waals surface area contributed by atoms with Gasteiger partial charge in [-0.05, 0) is 60.9 Å². The molecular weight excluding hydrogens is 462 g/mol. The van der Waals surface area contributed by atoms with E-state index in [1.165, 1.54) is 18.2 Å². The zero-order valence-electron chi connectivity index (χ0n) is 22.5. The van der Waals surface area contributed by atoms with Gasteiger partial charge in [0.1, 0.15) is 18.8 Å². The van der Waals surface area contributed by atoms with Crippen molar-refractivity contribution in [1.29, 1.82) is 0 Å². The average molecular weight is 492 g/mol. The Morgan fingerprint density at radius 1 is 1.11 bits per heavy atom. The maximum atomic E-state index is 15.3. The van der Waals surface area contributed by atoms with Crippen LogP contribution < -0.4 is 10.6 Å². The zero-order valence-corrected chi connectivity index (χ0v) is 20.4. The van der Waals surface area contributed by atoms with E-state index < -0.39 is 37.9 Å². The van der Waals surface area contributed by atoms with Crippen molar-refractivity contribution in [1.82, 2.24) is 14.5 Å². The Morgan fingerprint density at radius 3 is 2.63 bits per heavy atom. The van der Waals surface area contributed by atoms with E-state index in [1.54, 1.807) is 20.4 Å². The van der Waals surface area contributed by atoms with Gasteiger partial charge in [-0.3, -0.25) is 4.79 Å². The van der Waals surface area contributed by atoms with Gasteiger partial charge in [0.25, 0.3) is 5.91 Å². The number of fused-ring (bicyclic) bond motifs is 9.